The SMILES string of the molecule is COC[C@@H](C)S[C@@H](C)c1ncc(C(C)(C)C)o1. The first-order valence-electron chi connectivity index (χ1n) is 5.95. The topological polar surface area (TPSA) is 35.3 Å². The Morgan fingerprint density at radius 1 is 1.41 bits per heavy atom. The smallest absolute Gasteiger partial charge is 0.207 e. The van der Waals surface area contributed by atoms with E-state index < -0.39 is 0 Å². The Balaban J connectivity index is 2.64. The lowest BCUT2D eigenvalue weighted by atomic mass is 9.94. The van der Waals surface area contributed by atoms with Gasteiger partial charge in [0, 0.05) is 17.8 Å². The maximum Gasteiger partial charge on any atom is 0.207 e. The van der Waals surface area contributed by atoms with Crippen LogP contribution in [0.4, 0.5) is 0 Å². The van der Waals surface area contributed by atoms with Gasteiger partial charge in [-0.3, -0.25) is 0 Å². The third-order valence-electron chi connectivity index (χ3n) is 2.45. The molecule has 3 nitrogen and oxygen atoms in total. The van der Waals surface area contributed by atoms with E-state index >= 15 is 0 Å². The van der Waals surface area contributed by atoms with E-state index in [1.54, 1.807) is 7.11 Å². The monoisotopic (exact) mass is 257 g/mol. The number of rotatable bonds is 5. The van der Waals surface area contributed by atoms with E-state index in [1.165, 1.54) is 0 Å². The minimum atomic E-state index is 0.0216. The molecule has 0 unspecified atom stereocenters. The maximum atomic E-state index is 5.82. The first-order chi connectivity index (χ1) is 7.84. The second-order valence-corrected chi connectivity index (χ2v) is 7.14. The molecular formula is C13H23NO2S. The molecule has 1 aromatic heterocycles. The standard InChI is InChI=1S/C13H23NO2S/c1-9(8-15-6)17-10(2)12-14-7-11(16-12)13(3,4)5/h7,9-10H,8H2,1-6H3/t9-,10+/m1/s1. The molecule has 0 radical (unpaired) electrons. The van der Waals surface area contributed by atoms with Gasteiger partial charge in [-0.15, -0.1) is 11.8 Å². The van der Waals surface area contributed by atoms with Crippen molar-refractivity contribution in [2.24, 2.45) is 0 Å². The zero-order valence-corrected chi connectivity index (χ0v) is 12.4. The Kier molecular flexibility index (Phi) is 5.07. The predicted molar refractivity (Wildman–Crippen MR) is 72.5 cm³/mol. The van der Waals surface area contributed by atoms with Crippen LogP contribution in [0.15, 0.2) is 10.6 Å². The molecule has 1 heterocycles. The summed E-state index contributed by atoms with van der Waals surface area (Å²) in [6.45, 7) is 11.4. The second kappa shape index (κ2) is 5.91. The average molecular weight is 257 g/mol. The summed E-state index contributed by atoms with van der Waals surface area (Å²) in [4.78, 5) is 4.37. The lowest BCUT2D eigenvalue weighted by Crippen LogP contribution is -2.09. The number of thioether (sulfide) groups is 1. The van der Waals surface area contributed by atoms with Crippen LogP contribution in [-0.2, 0) is 10.2 Å². The molecule has 0 spiro atoms. The van der Waals surface area contributed by atoms with Gasteiger partial charge in [0.15, 0.2) is 0 Å². The van der Waals surface area contributed by atoms with Crippen LogP contribution >= 0.6 is 11.8 Å². The predicted octanol–water partition coefficient (Wildman–Crippen LogP) is 3.80. The summed E-state index contributed by atoms with van der Waals surface area (Å²) in [5, 5.41) is 0.705. The van der Waals surface area contributed by atoms with Crippen molar-refractivity contribution in [3.05, 3.63) is 17.8 Å². The number of hydrogen-bond donors (Lipinski definition) is 0. The Labute approximate surface area is 108 Å². The highest BCUT2D eigenvalue weighted by molar-refractivity contribution is 8.00. The summed E-state index contributed by atoms with van der Waals surface area (Å²) >= 11 is 1.82. The molecule has 98 valence electrons. The number of ether oxygens (including phenoxy) is 1. The molecule has 0 aliphatic rings. The third-order valence-corrected chi connectivity index (χ3v) is 3.66. The molecule has 2 atom stereocenters. The van der Waals surface area contributed by atoms with Gasteiger partial charge in [0.05, 0.1) is 18.1 Å². The molecule has 0 amide bonds. The minimum Gasteiger partial charge on any atom is -0.444 e. The molecule has 0 saturated heterocycles. The first kappa shape index (κ1) is 14.6. The molecule has 0 aliphatic carbocycles. The van der Waals surface area contributed by atoms with Crippen molar-refractivity contribution in [2.75, 3.05) is 13.7 Å². The number of nitrogens with zero attached hydrogens (tertiary/aromatic N) is 1. The first-order valence-corrected chi connectivity index (χ1v) is 6.89. The van der Waals surface area contributed by atoms with Crippen molar-refractivity contribution in [1.82, 2.24) is 4.98 Å². The van der Waals surface area contributed by atoms with Gasteiger partial charge in [-0.05, 0) is 6.92 Å². The van der Waals surface area contributed by atoms with Crippen LogP contribution in [0.25, 0.3) is 0 Å². The number of methoxy groups -OCH3 is 1. The Hall–Kier alpha value is -0.480. The average Bonchev–Trinajstić information content (AvgIpc) is 2.65. The van der Waals surface area contributed by atoms with Gasteiger partial charge in [-0.25, -0.2) is 4.98 Å². The van der Waals surface area contributed by atoms with Crippen molar-refractivity contribution < 1.29 is 9.15 Å². The van der Waals surface area contributed by atoms with Gasteiger partial charge in [0.25, 0.3) is 0 Å². The van der Waals surface area contributed by atoms with E-state index in [-0.39, 0.29) is 10.7 Å². The summed E-state index contributed by atoms with van der Waals surface area (Å²) in [6.07, 6.45) is 1.84. The molecular weight excluding hydrogens is 234 g/mol. The van der Waals surface area contributed by atoms with Gasteiger partial charge < -0.3 is 9.15 Å². The Bertz CT molecular complexity index is 343. The van der Waals surface area contributed by atoms with Crippen LogP contribution in [0.3, 0.4) is 0 Å². The van der Waals surface area contributed by atoms with Crippen LogP contribution < -0.4 is 0 Å². The molecule has 1 rings (SSSR count). The molecule has 0 N–H and O–H groups in total. The summed E-state index contributed by atoms with van der Waals surface area (Å²) in [5.74, 6) is 1.75. The van der Waals surface area contributed by atoms with Gasteiger partial charge in [-0.2, -0.15) is 0 Å². The minimum absolute atomic E-state index is 0.0216. The fourth-order valence-electron chi connectivity index (χ4n) is 1.50. The Morgan fingerprint density at radius 2 is 2.06 bits per heavy atom. The Morgan fingerprint density at radius 3 is 2.53 bits per heavy atom. The second-order valence-electron chi connectivity index (χ2n) is 5.36. The number of oxazole rings is 1. The molecule has 0 aromatic carbocycles. The largest absolute Gasteiger partial charge is 0.444 e. The molecule has 17 heavy (non-hydrogen) atoms. The van der Waals surface area contributed by atoms with E-state index in [1.807, 2.05) is 18.0 Å². The number of aromatic nitrogens is 1. The highest BCUT2D eigenvalue weighted by atomic mass is 32.2. The van der Waals surface area contributed by atoms with Gasteiger partial charge in [-0.1, -0.05) is 27.7 Å². The highest BCUT2D eigenvalue weighted by Crippen LogP contribution is 2.33. The van der Waals surface area contributed by atoms with Crippen LogP contribution in [0.1, 0.15) is 51.5 Å². The van der Waals surface area contributed by atoms with Crippen LogP contribution in [0.5, 0.6) is 0 Å². The quantitative estimate of drug-likeness (QED) is 0.803. The lowest BCUT2D eigenvalue weighted by Gasteiger charge is -2.15. The van der Waals surface area contributed by atoms with Crippen molar-refractivity contribution in [2.45, 2.75) is 50.5 Å². The van der Waals surface area contributed by atoms with Gasteiger partial charge in [0.2, 0.25) is 5.89 Å². The van der Waals surface area contributed by atoms with E-state index in [0.717, 1.165) is 18.3 Å². The van der Waals surface area contributed by atoms with E-state index in [4.69, 9.17) is 9.15 Å². The van der Waals surface area contributed by atoms with Crippen LogP contribution in [-0.4, -0.2) is 24.0 Å². The van der Waals surface area contributed by atoms with Crippen LogP contribution in [0.2, 0.25) is 0 Å². The normalized spacial score (nSPS) is 15.9. The third kappa shape index (κ3) is 4.36. The summed E-state index contributed by atoms with van der Waals surface area (Å²) in [7, 11) is 1.73. The van der Waals surface area contributed by atoms with Gasteiger partial charge in [0.1, 0.15) is 5.76 Å². The molecule has 0 fully saturated rings. The maximum absolute atomic E-state index is 5.82. The molecule has 0 aliphatic heterocycles. The van der Waals surface area contributed by atoms with Crippen molar-refractivity contribution in [3.63, 3.8) is 0 Å². The lowest BCUT2D eigenvalue weighted by molar-refractivity contribution is 0.202. The summed E-state index contributed by atoms with van der Waals surface area (Å²) < 4.78 is 10.9. The summed E-state index contributed by atoms with van der Waals surface area (Å²) in [6, 6.07) is 0. The zero-order valence-electron chi connectivity index (χ0n) is 11.6. The molecule has 0 saturated carbocycles. The fourth-order valence-corrected chi connectivity index (χ4v) is 2.64. The fraction of sp³-hybridized carbons (Fsp3) is 0.769. The van der Waals surface area contributed by atoms with Crippen molar-refractivity contribution >= 4 is 11.8 Å². The van der Waals surface area contributed by atoms with E-state index in [9.17, 15) is 0 Å². The van der Waals surface area contributed by atoms with Crippen LogP contribution in [0, 0.1) is 0 Å². The number of hydrogen-bond acceptors (Lipinski definition) is 4. The molecule has 1 aromatic rings. The summed E-state index contributed by atoms with van der Waals surface area (Å²) in [5.41, 5.74) is 0.0216. The van der Waals surface area contributed by atoms with E-state index in [0.29, 0.717) is 5.25 Å². The highest BCUT2D eigenvalue weighted by Gasteiger charge is 2.22. The van der Waals surface area contributed by atoms with Crippen molar-refractivity contribution in [1.29, 1.82) is 0 Å². The molecule has 0 bridgehead atoms. The molecule has 4 heteroatoms. The zero-order chi connectivity index (χ0) is 13.1. The van der Waals surface area contributed by atoms with Crippen molar-refractivity contribution in [3.8, 4) is 0 Å². The van der Waals surface area contributed by atoms with E-state index in [2.05, 4.69) is 39.6 Å². The van der Waals surface area contributed by atoms with Gasteiger partial charge >= 0.3 is 0 Å².